The quantitative estimate of drug-likeness (QED) is 0.550. The second-order valence-corrected chi connectivity index (χ2v) is 4.16. The first-order valence-corrected chi connectivity index (χ1v) is 6.84. The highest BCUT2D eigenvalue weighted by Crippen LogP contribution is 2.11. The first kappa shape index (κ1) is 15.5. The average molecular weight is 265 g/mol. The van der Waals surface area contributed by atoms with E-state index in [0.29, 0.717) is 19.6 Å². The largest absolute Gasteiger partial charge is 0.494 e. The molecular weight excluding hydrogens is 242 g/mol. The van der Waals surface area contributed by atoms with E-state index in [0.717, 1.165) is 25.3 Å². The van der Waals surface area contributed by atoms with Gasteiger partial charge < -0.3 is 14.8 Å². The Bertz CT molecular complexity index is 362. The van der Waals surface area contributed by atoms with Gasteiger partial charge in [0.1, 0.15) is 5.75 Å². The van der Waals surface area contributed by atoms with E-state index in [4.69, 9.17) is 9.47 Å². The zero-order valence-corrected chi connectivity index (χ0v) is 11.8. The second kappa shape index (κ2) is 9.39. The number of esters is 1. The van der Waals surface area contributed by atoms with Crippen molar-refractivity contribution in [2.75, 3.05) is 19.8 Å². The number of nitrogens with one attached hydrogen (secondary N) is 1. The summed E-state index contributed by atoms with van der Waals surface area (Å²) in [5, 5.41) is 3.30. The predicted molar refractivity (Wildman–Crippen MR) is 75.2 cm³/mol. The molecular formula is C15H23NO3. The third-order valence-corrected chi connectivity index (χ3v) is 2.60. The molecule has 106 valence electrons. The molecule has 0 saturated heterocycles. The summed E-state index contributed by atoms with van der Waals surface area (Å²) in [5.41, 5.74) is 1.21. The van der Waals surface area contributed by atoms with Crippen LogP contribution in [0, 0.1) is 0 Å². The Hall–Kier alpha value is -1.55. The number of rotatable bonds is 9. The van der Waals surface area contributed by atoms with Crippen LogP contribution in [0.2, 0.25) is 0 Å². The van der Waals surface area contributed by atoms with Gasteiger partial charge in [-0.05, 0) is 44.5 Å². The third kappa shape index (κ3) is 6.82. The summed E-state index contributed by atoms with van der Waals surface area (Å²) in [6.45, 7) is 6.55. The van der Waals surface area contributed by atoms with E-state index in [-0.39, 0.29) is 5.97 Å². The molecule has 0 atom stereocenters. The molecule has 4 heteroatoms. The maximum atomic E-state index is 11.1. The minimum absolute atomic E-state index is 0.120. The zero-order valence-electron chi connectivity index (χ0n) is 11.8. The molecule has 0 heterocycles. The van der Waals surface area contributed by atoms with Crippen molar-refractivity contribution < 1.29 is 14.3 Å². The van der Waals surface area contributed by atoms with Crippen LogP contribution >= 0.6 is 0 Å². The first-order chi connectivity index (χ1) is 9.26. The number of hydrogen-bond donors (Lipinski definition) is 1. The molecule has 0 radical (unpaired) electrons. The van der Waals surface area contributed by atoms with Gasteiger partial charge in [-0.2, -0.15) is 0 Å². The molecule has 0 fully saturated rings. The maximum absolute atomic E-state index is 11.1. The molecule has 0 saturated carbocycles. The molecule has 0 aliphatic heterocycles. The summed E-state index contributed by atoms with van der Waals surface area (Å²) in [7, 11) is 0. The van der Waals surface area contributed by atoms with Gasteiger partial charge in [0.05, 0.1) is 13.2 Å². The molecule has 1 aromatic carbocycles. The van der Waals surface area contributed by atoms with Crippen LogP contribution in [0.25, 0.3) is 0 Å². The number of hydrogen-bond acceptors (Lipinski definition) is 4. The van der Waals surface area contributed by atoms with E-state index in [1.165, 1.54) is 5.56 Å². The topological polar surface area (TPSA) is 47.6 Å². The third-order valence-electron chi connectivity index (χ3n) is 2.60. The van der Waals surface area contributed by atoms with Gasteiger partial charge in [-0.3, -0.25) is 4.79 Å². The Kier molecular flexibility index (Phi) is 7.66. The van der Waals surface area contributed by atoms with Gasteiger partial charge >= 0.3 is 5.97 Å². The summed E-state index contributed by atoms with van der Waals surface area (Å²) >= 11 is 0. The van der Waals surface area contributed by atoms with Crippen molar-refractivity contribution in [3.05, 3.63) is 29.8 Å². The molecule has 0 unspecified atom stereocenters. The van der Waals surface area contributed by atoms with Crippen LogP contribution in [-0.2, 0) is 16.1 Å². The van der Waals surface area contributed by atoms with Gasteiger partial charge in [-0.1, -0.05) is 12.1 Å². The zero-order chi connectivity index (χ0) is 13.9. The van der Waals surface area contributed by atoms with Gasteiger partial charge in [-0.15, -0.1) is 0 Å². The summed E-state index contributed by atoms with van der Waals surface area (Å²) in [4.78, 5) is 11.1. The summed E-state index contributed by atoms with van der Waals surface area (Å²) in [6.07, 6.45) is 1.28. The van der Waals surface area contributed by atoms with Crippen LogP contribution in [-0.4, -0.2) is 25.7 Å². The van der Waals surface area contributed by atoms with Crippen molar-refractivity contribution in [2.24, 2.45) is 0 Å². The van der Waals surface area contributed by atoms with Crippen LogP contribution in [0.15, 0.2) is 24.3 Å². The molecule has 0 aromatic heterocycles. The van der Waals surface area contributed by atoms with E-state index in [2.05, 4.69) is 5.32 Å². The van der Waals surface area contributed by atoms with Crippen LogP contribution in [0.3, 0.4) is 0 Å². The van der Waals surface area contributed by atoms with Gasteiger partial charge in [0, 0.05) is 13.0 Å². The highest BCUT2D eigenvalue weighted by Gasteiger charge is 2.00. The fourth-order valence-electron chi connectivity index (χ4n) is 1.69. The Labute approximate surface area is 115 Å². The summed E-state index contributed by atoms with van der Waals surface area (Å²) in [5.74, 6) is 0.777. The summed E-state index contributed by atoms with van der Waals surface area (Å²) < 4.78 is 10.2. The molecule has 0 spiro atoms. The van der Waals surface area contributed by atoms with E-state index in [1.54, 1.807) is 0 Å². The highest BCUT2D eigenvalue weighted by molar-refractivity contribution is 5.69. The molecule has 19 heavy (non-hydrogen) atoms. The standard InChI is InChI=1S/C15H23NO3/c1-3-18-14-9-7-13(8-10-14)12-16-11-5-6-15(17)19-4-2/h7-10,16H,3-6,11-12H2,1-2H3. The van der Waals surface area contributed by atoms with Crippen LogP contribution in [0.5, 0.6) is 5.75 Å². The molecule has 1 rings (SSSR count). The number of carbonyl (C=O) groups excluding carboxylic acids is 1. The normalized spacial score (nSPS) is 10.2. The Morgan fingerprint density at radius 3 is 2.53 bits per heavy atom. The Morgan fingerprint density at radius 2 is 1.89 bits per heavy atom. The Balaban J connectivity index is 2.13. The average Bonchev–Trinajstić information content (AvgIpc) is 2.41. The van der Waals surface area contributed by atoms with Crippen LogP contribution in [0.4, 0.5) is 0 Å². The van der Waals surface area contributed by atoms with Crippen LogP contribution < -0.4 is 10.1 Å². The number of carbonyl (C=O) groups is 1. The monoisotopic (exact) mass is 265 g/mol. The number of ether oxygens (including phenoxy) is 2. The van der Waals surface area contributed by atoms with Crippen molar-refractivity contribution in [1.82, 2.24) is 5.32 Å². The van der Waals surface area contributed by atoms with Crippen molar-refractivity contribution in [3.8, 4) is 5.75 Å². The minimum atomic E-state index is -0.120. The summed E-state index contributed by atoms with van der Waals surface area (Å²) in [6, 6.07) is 8.03. The lowest BCUT2D eigenvalue weighted by atomic mass is 10.2. The molecule has 0 aliphatic carbocycles. The number of benzene rings is 1. The van der Waals surface area contributed by atoms with Crippen molar-refractivity contribution in [2.45, 2.75) is 33.2 Å². The SMILES string of the molecule is CCOC(=O)CCCNCc1ccc(OCC)cc1. The maximum Gasteiger partial charge on any atom is 0.305 e. The van der Waals surface area contributed by atoms with Gasteiger partial charge in [0.2, 0.25) is 0 Å². The molecule has 0 bridgehead atoms. The predicted octanol–water partition coefficient (Wildman–Crippen LogP) is 2.52. The minimum Gasteiger partial charge on any atom is -0.494 e. The molecule has 1 N–H and O–H groups in total. The Morgan fingerprint density at radius 1 is 1.16 bits per heavy atom. The fourth-order valence-corrected chi connectivity index (χ4v) is 1.69. The van der Waals surface area contributed by atoms with E-state index in [9.17, 15) is 4.79 Å². The van der Waals surface area contributed by atoms with Gasteiger partial charge in [-0.25, -0.2) is 0 Å². The lowest BCUT2D eigenvalue weighted by Gasteiger charge is -2.06. The highest BCUT2D eigenvalue weighted by atomic mass is 16.5. The van der Waals surface area contributed by atoms with E-state index in [1.807, 2.05) is 38.1 Å². The molecule has 0 amide bonds. The van der Waals surface area contributed by atoms with Gasteiger partial charge in [0.15, 0.2) is 0 Å². The first-order valence-electron chi connectivity index (χ1n) is 6.84. The molecule has 0 aliphatic rings. The molecule has 1 aromatic rings. The van der Waals surface area contributed by atoms with Crippen LogP contribution in [0.1, 0.15) is 32.3 Å². The molecule has 4 nitrogen and oxygen atoms in total. The van der Waals surface area contributed by atoms with Crippen molar-refractivity contribution in [1.29, 1.82) is 0 Å². The lowest BCUT2D eigenvalue weighted by Crippen LogP contribution is -2.16. The lowest BCUT2D eigenvalue weighted by molar-refractivity contribution is -0.143. The van der Waals surface area contributed by atoms with Gasteiger partial charge in [0.25, 0.3) is 0 Å². The van der Waals surface area contributed by atoms with E-state index >= 15 is 0 Å². The van der Waals surface area contributed by atoms with Crippen molar-refractivity contribution in [3.63, 3.8) is 0 Å². The van der Waals surface area contributed by atoms with E-state index < -0.39 is 0 Å². The second-order valence-electron chi connectivity index (χ2n) is 4.16. The fraction of sp³-hybridized carbons (Fsp3) is 0.533. The van der Waals surface area contributed by atoms with Crippen molar-refractivity contribution >= 4 is 5.97 Å². The smallest absolute Gasteiger partial charge is 0.305 e.